The second-order valence-corrected chi connectivity index (χ2v) is 7.54. The monoisotopic (exact) mass is 367 g/mol. The molecule has 5 heteroatoms. The summed E-state index contributed by atoms with van der Waals surface area (Å²) in [6.45, 7) is 1.89. The lowest BCUT2D eigenvalue weighted by molar-refractivity contribution is 0.0961. The molecule has 4 rings (SSSR count). The molecule has 0 unspecified atom stereocenters. The Morgan fingerprint density at radius 3 is 2.42 bits per heavy atom. The van der Waals surface area contributed by atoms with Crippen molar-refractivity contribution in [2.24, 2.45) is 5.41 Å². The third-order valence-corrected chi connectivity index (χ3v) is 5.81. The van der Waals surface area contributed by atoms with Crippen LogP contribution >= 0.6 is 11.6 Å². The number of hydrogen-bond acceptors (Lipinski definition) is 4. The molecule has 1 aromatic heterocycles. The highest BCUT2D eigenvalue weighted by molar-refractivity contribution is 6.31. The number of aromatic nitrogens is 2. The van der Waals surface area contributed by atoms with Crippen molar-refractivity contribution in [2.75, 3.05) is 24.6 Å². The highest BCUT2D eigenvalue weighted by Crippen LogP contribution is 2.37. The summed E-state index contributed by atoms with van der Waals surface area (Å²) in [5.74, 6) is 0.910. The molecule has 1 aliphatic heterocycles. The number of aliphatic hydroxyl groups excluding tert-OH is 1. The first kappa shape index (κ1) is 17.3. The maximum absolute atomic E-state index is 10.1. The Bertz CT molecular complexity index is 906. The van der Waals surface area contributed by atoms with E-state index in [1.54, 1.807) is 0 Å². The molecule has 2 heterocycles. The van der Waals surface area contributed by atoms with Crippen molar-refractivity contribution in [3.63, 3.8) is 0 Å². The van der Waals surface area contributed by atoms with Crippen LogP contribution in [-0.2, 0) is 6.42 Å². The largest absolute Gasteiger partial charge is 0.396 e. The van der Waals surface area contributed by atoms with Crippen LogP contribution in [0.4, 0.5) is 5.82 Å². The lowest BCUT2D eigenvalue weighted by Gasteiger charge is -2.41. The predicted molar refractivity (Wildman–Crippen MR) is 106 cm³/mol. The summed E-state index contributed by atoms with van der Waals surface area (Å²) in [7, 11) is 0. The Morgan fingerprint density at radius 1 is 1.00 bits per heavy atom. The fourth-order valence-electron chi connectivity index (χ4n) is 3.75. The average molecular weight is 368 g/mol. The molecule has 3 aromatic rings. The first-order valence-corrected chi connectivity index (χ1v) is 9.38. The number of piperidine rings is 1. The van der Waals surface area contributed by atoms with Gasteiger partial charge in [-0.05, 0) is 43.0 Å². The quantitative estimate of drug-likeness (QED) is 0.754. The van der Waals surface area contributed by atoms with E-state index in [2.05, 4.69) is 16.0 Å². The molecule has 134 valence electrons. The van der Waals surface area contributed by atoms with Gasteiger partial charge in [0.25, 0.3) is 0 Å². The van der Waals surface area contributed by atoms with Crippen LogP contribution in [0.25, 0.3) is 11.0 Å². The van der Waals surface area contributed by atoms with Gasteiger partial charge in [0.1, 0.15) is 5.82 Å². The van der Waals surface area contributed by atoms with Gasteiger partial charge in [-0.3, -0.25) is 4.98 Å². The molecule has 1 fully saturated rings. The number of nitrogens with zero attached hydrogens (tertiary/aromatic N) is 3. The van der Waals surface area contributed by atoms with Crippen molar-refractivity contribution in [1.82, 2.24) is 9.97 Å². The third kappa shape index (κ3) is 3.39. The molecule has 0 saturated carbocycles. The minimum Gasteiger partial charge on any atom is -0.396 e. The van der Waals surface area contributed by atoms with Gasteiger partial charge in [-0.25, -0.2) is 4.98 Å². The fourth-order valence-corrected chi connectivity index (χ4v) is 3.95. The molecule has 1 saturated heterocycles. The summed E-state index contributed by atoms with van der Waals surface area (Å²) >= 11 is 6.33. The van der Waals surface area contributed by atoms with Crippen molar-refractivity contribution in [3.05, 3.63) is 65.3 Å². The molecule has 0 radical (unpaired) electrons. The van der Waals surface area contributed by atoms with Crippen LogP contribution in [0.1, 0.15) is 18.4 Å². The van der Waals surface area contributed by atoms with Gasteiger partial charge in [0.15, 0.2) is 0 Å². The molecular formula is C21H22ClN3O. The van der Waals surface area contributed by atoms with Crippen LogP contribution in [0.15, 0.2) is 54.7 Å². The molecule has 0 spiro atoms. The van der Waals surface area contributed by atoms with Crippen LogP contribution in [0, 0.1) is 5.41 Å². The Hall–Kier alpha value is -2.17. The average Bonchev–Trinajstić information content (AvgIpc) is 2.70. The van der Waals surface area contributed by atoms with Crippen molar-refractivity contribution in [2.45, 2.75) is 19.3 Å². The standard InChI is InChI=1S/C21H22ClN3O/c22-17-6-2-1-5-16(17)13-21(15-26)9-11-25(12-10-21)20-14-23-18-7-3-4-8-19(18)24-20/h1-8,14,26H,9-13,15H2. The number of benzene rings is 2. The third-order valence-electron chi connectivity index (χ3n) is 5.44. The van der Waals surface area contributed by atoms with Crippen LogP contribution < -0.4 is 4.90 Å². The van der Waals surface area contributed by atoms with Gasteiger partial charge in [-0.1, -0.05) is 41.9 Å². The molecule has 2 aromatic carbocycles. The number of hydrogen-bond donors (Lipinski definition) is 1. The summed E-state index contributed by atoms with van der Waals surface area (Å²) < 4.78 is 0. The van der Waals surface area contributed by atoms with Gasteiger partial charge in [-0.2, -0.15) is 0 Å². The van der Waals surface area contributed by atoms with Crippen LogP contribution in [-0.4, -0.2) is 34.8 Å². The Balaban J connectivity index is 1.50. The molecule has 1 N–H and O–H groups in total. The van der Waals surface area contributed by atoms with Crippen LogP contribution in [0.2, 0.25) is 5.02 Å². The predicted octanol–water partition coefficient (Wildman–Crippen LogP) is 4.10. The number of rotatable bonds is 4. The highest BCUT2D eigenvalue weighted by atomic mass is 35.5. The second-order valence-electron chi connectivity index (χ2n) is 7.13. The van der Waals surface area contributed by atoms with Gasteiger partial charge >= 0.3 is 0 Å². The first-order chi connectivity index (χ1) is 12.7. The van der Waals surface area contributed by atoms with Gasteiger partial charge in [-0.15, -0.1) is 0 Å². The minimum absolute atomic E-state index is 0.119. The zero-order chi connectivity index (χ0) is 18.0. The number of anilines is 1. The molecular weight excluding hydrogens is 346 g/mol. The van der Waals surface area contributed by atoms with E-state index in [0.29, 0.717) is 0 Å². The van der Waals surface area contributed by atoms with Gasteiger partial charge < -0.3 is 10.0 Å². The number of aliphatic hydroxyl groups is 1. The van der Waals surface area contributed by atoms with Crippen molar-refractivity contribution < 1.29 is 5.11 Å². The summed E-state index contributed by atoms with van der Waals surface area (Å²) in [4.78, 5) is 11.5. The van der Waals surface area contributed by atoms with E-state index in [4.69, 9.17) is 16.6 Å². The zero-order valence-corrected chi connectivity index (χ0v) is 15.4. The Labute approximate surface area is 158 Å². The van der Waals surface area contributed by atoms with Crippen molar-refractivity contribution in [1.29, 1.82) is 0 Å². The Kier molecular flexibility index (Phi) is 4.79. The topological polar surface area (TPSA) is 49.2 Å². The van der Waals surface area contributed by atoms with E-state index in [0.717, 1.165) is 59.8 Å². The van der Waals surface area contributed by atoms with E-state index >= 15 is 0 Å². The van der Waals surface area contributed by atoms with Crippen LogP contribution in [0.3, 0.4) is 0 Å². The van der Waals surface area contributed by atoms with Crippen molar-refractivity contribution in [3.8, 4) is 0 Å². The van der Waals surface area contributed by atoms with Gasteiger partial charge in [0.2, 0.25) is 0 Å². The van der Waals surface area contributed by atoms with E-state index in [-0.39, 0.29) is 12.0 Å². The van der Waals surface area contributed by atoms with E-state index < -0.39 is 0 Å². The molecule has 26 heavy (non-hydrogen) atoms. The van der Waals surface area contributed by atoms with E-state index in [1.165, 1.54) is 0 Å². The molecule has 0 bridgehead atoms. The molecule has 0 aliphatic carbocycles. The summed E-state index contributed by atoms with van der Waals surface area (Å²) in [6, 6.07) is 15.8. The lowest BCUT2D eigenvalue weighted by atomic mass is 9.74. The molecule has 0 atom stereocenters. The van der Waals surface area contributed by atoms with Crippen molar-refractivity contribution >= 4 is 28.5 Å². The Morgan fingerprint density at radius 2 is 1.69 bits per heavy atom. The van der Waals surface area contributed by atoms with E-state index in [9.17, 15) is 5.11 Å². The molecule has 1 aliphatic rings. The summed E-state index contributed by atoms with van der Waals surface area (Å²) in [5.41, 5.74) is 2.82. The summed E-state index contributed by atoms with van der Waals surface area (Å²) in [5, 5.41) is 10.9. The SMILES string of the molecule is OCC1(Cc2ccccc2Cl)CCN(c2cnc3ccccc3n2)CC1. The second kappa shape index (κ2) is 7.22. The normalized spacial score (nSPS) is 16.8. The van der Waals surface area contributed by atoms with E-state index in [1.807, 2.05) is 48.7 Å². The zero-order valence-electron chi connectivity index (χ0n) is 14.6. The maximum Gasteiger partial charge on any atom is 0.147 e. The molecule has 0 amide bonds. The summed E-state index contributed by atoms with van der Waals surface area (Å²) in [6.07, 6.45) is 4.47. The van der Waals surface area contributed by atoms with Gasteiger partial charge in [0, 0.05) is 30.1 Å². The fraction of sp³-hybridized carbons (Fsp3) is 0.333. The maximum atomic E-state index is 10.1. The van der Waals surface area contributed by atoms with Gasteiger partial charge in [0.05, 0.1) is 17.2 Å². The highest BCUT2D eigenvalue weighted by Gasteiger charge is 2.35. The number of para-hydroxylation sites is 2. The van der Waals surface area contributed by atoms with Crippen LogP contribution in [0.5, 0.6) is 0 Å². The molecule has 4 nitrogen and oxygen atoms in total. The smallest absolute Gasteiger partial charge is 0.147 e. The first-order valence-electron chi connectivity index (χ1n) is 9.00. The lowest BCUT2D eigenvalue weighted by Crippen LogP contribution is -2.43. The minimum atomic E-state index is -0.119. The number of fused-ring (bicyclic) bond motifs is 1. The number of halogens is 1.